The van der Waals surface area contributed by atoms with Gasteiger partial charge in [0.1, 0.15) is 5.25 Å². The molecule has 0 aromatic carbocycles. The number of sulfone groups is 1. The number of hydrogen-bond donors (Lipinski definition) is 0. The van der Waals surface area contributed by atoms with Crippen LogP contribution in [0.3, 0.4) is 0 Å². The smallest absolute Gasteiger partial charge is 0.241 e. The number of carbonyl (C=O) groups excluding carboxylic acids is 1. The lowest BCUT2D eigenvalue weighted by atomic mass is 10.1. The van der Waals surface area contributed by atoms with Gasteiger partial charge < -0.3 is 4.90 Å². The maximum atomic E-state index is 12.6. The van der Waals surface area contributed by atoms with E-state index >= 15 is 0 Å². The van der Waals surface area contributed by atoms with Crippen molar-refractivity contribution in [1.82, 2.24) is 4.90 Å². The summed E-state index contributed by atoms with van der Waals surface area (Å²) in [7, 11) is -3.25. The minimum Gasteiger partial charge on any atom is -0.337 e. The maximum absolute atomic E-state index is 12.6. The maximum Gasteiger partial charge on any atom is 0.241 e. The van der Waals surface area contributed by atoms with Crippen LogP contribution in [0.1, 0.15) is 44.9 Å². The lowest BCUT2D eigenvalue weighted by molar-refractivity contribution is -0.132. The first-order valence-corrected chi connectivity index (χ1v) is 9.39. The van der Waals surface area contributed by atoms with E-state index in [0.717, 1.165) is 32.1 Å². The first-order valence-electron chi connectivity index (χ1n) is 7.14. The molecule has 2 rings (SSSR count). The molecule has 1 unspecified atom stereocenters. The van der Waals surface area contributed by atoms with E-state index in [9.17, 15) is 13.2 Å². The van der Waals surface area contributed by atoms with Gasteiger partial charge in [-0.05, 0) is 25.7 Å². The van der Waals surface area contributed by atoms with E-state index in [4.69, 9.17) is 11.6 Å². The van der Waals surface area contributed by atoms with Gasteiger partial charge in [0, 0.05) is 18.5 Å². The minimum absolute atomic E-state index is 0.156. The van der Waals surface area contributed by atoms with Gasteiger partial charge in [0.25, 0.3) is 0 Å². The average Bonchev–Trinajstić information content (AvgIpc) is 2.88. The van der Waals surface area contributed by atoms with E-state index in [1.807, 2.05) is 0 Å². The molecule has 1 saturated carbocycles. The second kappa shape index (κ2) is 6.44. The summed E-state index contributed by atoms with van der Waals surface area (Å²) in [5.74, 6) is 0.324. The van der Waals surface area contributed by atoms with E-state index in [1.54, 1.807) is 4.90 Å². The van der Waals surface area contributed by atoms with Crippen molar-refractivity contribution in [3.05, 3.63) is 0 Å². The van der Waals surface area contributed by atoms with Crippen LogP contribution in [0.15, 0.2) is 0 Å². The first-order chi connectivity index (χ1) is 9.06. The molecule has 0 radical (unpaired) electrons. The molecule has 4 nitrogen and oxygen atoms in total. The summed E-state index contributed by atoms with van der Waals surface area (Å²) in [6.45, 7) is 0.469. The highest BCUT2D eigenvalue weighted by atomic mass is 35.5. The molecule has 110 valence electrons. The Labute approximate surface area is 120 Å². The third kappa shape index (κ3) is 3.43. The van der Waals surface area contributed by atoms with Crippen LogP contribution in [-0.2, 0) is 14.6 Å². The zero-order valence-corrected chi connectivity index (χ0v) is 12.8. The lowest BCUT2D eigenvalue weighted by Gasteiger charge is -2.33. The Morgan fingerprint density at radius 1 is 1.11 bits per heavy atom. The first kappa shape index (κ1) is 15.1. The van der Waals surface area contributed by atoms with Gasteiger partial charge in [0.2, 0.25) is 5.91 Å². The monoisotopic (exact) mass is 307 g/mol. The van der Waals surface area contributed by atoms with E-state index in [-0.39, 0.29) is 17.7 Å². The minimum atomic E-state index is -3.25. The van der Waals surface area contributed by atoms with Crippen LogP contribution in [0.2, 0.25) is 0 Å². The fraction of sp³-hybridized carbons (Fsp3) is 0.923. The SMILES string of the molecule is O=C(C1CCCCS1(=O)=O)N(CCCl)C1CCCC1. The number of hydrogen-bond acceptors (Lipinski definition) is 3. The molecule has 1 aliphatic heterocycles. The number of nitrogens with zero attached hydrogens (tertiary/aromatic N) is 1. The summed E-state index contributed by atoms with van der Waals surface area (Å²) in [6, 6.07) is 0.198. The van der Waals surface area contributed by atoms with Gasteiger partial charge in [-0.2, -0.15) is 0 Å². The second-order valence-electron chi connectivity index (χ2n) is 5.51. The van der Waals surface area contributed by atoms with Gasteiger partial charge in [0.15, 0.2) is 9.84 Å². The molecule has 1 amide bonds. The van der Waals surface area contributed by atoms with Crippen molar-refractivity contribution < 1.29 is 13.2 Å². The summed E-state index contributed by atoms with van der Waals surface area (Å²) < 4.78 is 24.1. The highest BCUT2D eigenvalue weighted by Crippen LogP contribution is 2.27. The van der Waals surface area contributed by atoms with Gasteiger partial charge in [-0.1, -0.05) is 19.3 Å². The zero-order chi connectivity index (χ0) is 13.9. The molecular formula is C13H22ClNO3S. The molecule has 2 fully saturated rings. The van der Waals surface area contributed by atoms with Crippen molar-refractivity contribution in [2.75, 3.05) is 18.2 Å². The van der Waals surface area contributed by atoms with Crippen molar-refractivity contribution in [3.8, 4) is 0 Å². The van der Waals surface area contributed by atoms with Crippen molar-refractivity contribution in [2.45, 2.75) is 56.2 Å². The van der Waals surface area contributed by atoms with Crippen molar-refractivity contribution >= 4 is 27.3 Å². The zero-order valence-electron chi connectivity index (χ0n) is 11.2. The second-order valence-corrected chi connectivity index (χ2v) is 8.19. The Bertz CT molecular complexity index is 418. The molecule has 0 bridgehead atoms. The third-order valence-electron chi connectivity index (χ3n) is 4.23. The number of amides is 1. The Morgan fingerprint density at radius 3 is 2.32 bits per heavy atom. The molecule has 0 N–H and O–H groups in total. The van der Waals surface area contributed by atoms with Crippen LogP contribution < -0.4 is 0 Å². The molecule has 1 heterocycles. The number of alkyl halides is 1. The molecule has 1 saturated heterocycles. The van der Waals surface area contributed by atoms with E-state index < -0.39 is 15.1 Å². The molecule has 2 aliphatic rings. The Kier molecular flexibility index (Phi) is 5.12. The van der Waals surface area contributed by atoms with Crippen LogP contribution in [0, 0.1) is 0 Å². The average molecular weight is 308 g/mol. The molecule has 0 aromatic heterocycles. The quantitative estimate of drug-likeness (QED) is 0.746. The topological polar surface area (TPSA) is 54.5 Å². The van der Waals surface area contributed by atoms with Gasteiger partial charge in [-0.25, -0.2) is 8.42 Å². The van der Waals surface area contributed by atoms with Crippen molar-refractivity contribution in [1.29, 1.82) is 0 Å². The van der Waals surface area contributed by atoms with Crippen LogP contribution in [0.5, 0.6) is 0 Å². The number of halogens is 1. The molecule has 1 atom stereocenters. The summed E-state index contributed by atoms with van der Waals surface area (Å²) in [6.07, 6.45) is 6.19. The summed E-state index contributed by atoms with van der Waals surface area (Å²) in [4.78, 5) is 14.3. The molecule has 0 aromatic rings. The Hall–Kier alpha value is -0.290. The van der Waals surface area contributed by atoms with E-state index in [0.29, 0.717) is 25.3 Å². The Morgan fingerprint density at radius 2 is 1.74 bits per heavy atom. The van der Waals surface area contributed by atoms with Crippen LogP contribution >= 0.6 is 11.6 Å². The molecular weight excluding hydrogens is 286 g/mol. The van der Waals surface area contributed by atoms with Gasteiger partial charge >= 0.3 is 0 Å². The van der Waals surface area contributed by atoms with Crippen molar-refractivity contribution in [3.63, 3.8) is 0 Å². The summed E-state index contributed by atoms with van der Waals surface area (Å²) in [5.41, 5.74) is 0. The van der Waals surface area contributed by atoms with Gasteiger partial charge in [-0.15, -0.1) is 11.6 Å². The van der Waals surface area contributed by atoms with Gasteiger partial charge in [0.05, 0.1) is 5.75 Å². The highest BCUT2D eigenvalue weighted by molar-refractivity contribution is 7.92. The fourth-order valence-corrected chi connectivity index (χ4v) is 5.24. The standard InChI is InChI=1S/C13H22ClNO3S/c14-8-9-15(11-5-1-2-6-11)13(16)12-7-3-4-10-19(12,17)18/h11-12H,1-10H2. The fourth-order valence-electron chi connectivity index (χ4n) is 3.20. The number of carbonyl (C=O) groups is 1. The normalized spacial score (nSPS) is 27.3. The number of rotatable bonds is 4. The lowest BCUT2D eigenvalue weighted by Crippen LogP contribution is -2.49. The predicted octanol–water partition coefficient (Wildman–Crippen LogP) is 1.96. The summed E-state index contributed by atoms with van der Waals surface area (Å²) in [5, 5.41) is -0.815. The van der Waals surface area contributed by atoms with E-state index in [2.05, 4.69) is 0 Å². The molecule has 19 heavy (non-hydrogen) atoms. The third-order valence-corrected chi connectivity index (χ3v) is 6.56. The largest absolute Gasteiger partial charge is 0.337 e. The Balaban J connectivity index is 2.13. The molecule has 0 spiro atoms. The summed E-state index contributed by atoms with van der Waals surface area (Å²) >= 11 is 5.79. The molecule has 6 heteroatoms. The predicted molar refractivity (Wildman–Crippen MR) is 76.1 cm³/mol. The van der Waals surface area contributed by atoms with Crippen LogP contribution in [0.25, 0.3) is 0 Å². The van der Waals surface area contributed by atoms with Gasteiger partial charge in [-0.3, -0.25) is 4.79 Å². The highest BCUT2D eigenvalue weighted by Gasteiger charge is 2.39. The van der Waals surface area contributed by atoms with Crippen LogP contribution in [-0.4, -0.2) is 48.7 Å². The van der Waals surface area contributed by atoms with Crippen molar-refractivity contribution in [2.24, 2.45) is 0 Å². The molecule has 1 aliphatic carbocycles. The van der Waals surface area contributed by atoms with E-state index in [1.165, 1.54) is 0 Å². The van der Waals surface area contributed by atoms with Crippen LogP contribution in [0.4, 0.5) is 0 Å².